The van der Waals surface area contributed by atoms with Gasteiger partial charge in [0, 0.05) is 32.4 Å². The summed E-state index contributed by atoms with van der Waals surface area (Å²) in [5.41, 5.74) is 3.48. The summed E-state index contributed by atoms with van der Waals surface area (Å²) in [7, 11) is 1.75. The maximum Gasteiger partial charge on any atom is 0.237 e. The van der Waals surface area contributed by atoms with Crippen LogP contribution in [0.2, 0.25) is 0 Å². The number of carbonyl (C=O) groups is 2. The van der Waals surface area contributed by atoms with Gasteiger partial charge in [-0.05, 0) is 30.0 Å². The molecule has 1 aromatic heterocycles. The fourth-order valence-electron chi connectivity index (χ4n) is 4.21. The molecule has 2 aliphatic rings. The molecular formula is C21H25N5O2. The molecular weight excluding hydrogens is 354 g/mol. The molecule has 1 aromatic carbocycles. The van der Waals surface area contributed by atoms with Gasteiger partial charge in [0.1, 0.15) is 6.33 Å². The highest BCUT2D eigenvalue weighted by atomic mass is 16.2. The van der Waals surface area contributed by atoms with Gasteiger partial charge < -0.3 is 10.2 Å². The molecule has 1 saturated heterocycles. The summed E-state index contributed by atoms with van der Waals surface area (Å²) in [5.74, 6) is -0.104. The highest BCUT2D eigenvalue weighted by Crippen LogP contribution is 2.28. The number of nitrogens with zero attached hydrogens (tertiary/aromatic N) is 4. The molecule has 1 aliphatic carbocycles. The standard InChI is InChI=1S/C21H25N5O2/c1-25(13-17-6-7-22-14-24-17)20(27)12-19-21(28)23-8-9-26(19)18-10-15-4-2-3-5-16(15)11-18/h2-7,14,18-19H,8-13H2,1H3,(H,23,28)/t19-/m1/s1. The normalized spacial score (nSPS) is 19.9. The van der Waals surface area contributed by atoms with Crippen LogP contribution in [-0.2, 0) is 29.0 Å². The van der Waals surface area contributed by atoms with Gasteiger partial charge in [-0.15, -0.1) is 0 Å². The van der Waals surface area contributed by atoms with Crippen molar-refractivity contribution in [1.29, 1.82) is 0 Å². The predicted molar refractivity (Wildman–Crippen MR) is 104 cm³/mol. The molecule has 0 radical (unpaired) electrons. The molecule has 146 valence electrons. The zero-order chi connectivity index (χ0) is 19.5. The van der Waals surface area contributed by atoms with Crippen molar-refractivity contribution in [3.8, 4) is 0 Å². The van der Waals surface area contributed by atoms with Gasteiger partial charge in [-0.3, -0.25) is 14.5 Å². The number of carbonyl (C=O) groups excluding carboxylic acids is 2. The van der Waals surface area contributed by atoms with Crippen molar-refractivity contribution < 1.29 is 9.59 Å². The Labute approximate surface area is 164 Å². The van der Waals surface area contributed by atoms with Crippen molar-refractivity contribution in [2.24, 2.45) is 0 Å². The number of nitrogens with one attached hydrogen (secondary N) is 1. The van der Waals surface area contributed by atoms with Crippen LogP contribution in [0.5, 0.6) is 0 Å². The Morgan fingerprint density at radius 1 is 1.25 bits per heavy atom. The zero-order valence-electron chi connectivity index (χ0n) is 16.0. The lowest BCUT2D eigenvalue weighted by Gasteiger charge is -2.39. The maximum atomic E-state index is 12.8. The number of piperazine rings is 1. The van der Waals surface area contributed by atoms with Crippen molar-refractivity contribution in [3.05, 3.63) is 59.7 Å². The van der Waals surface area contributed by atoms with E-state index in [1.807, 2.05) is 0 Å². The van der Waals surface area contributed by atoms with Gasteiger partial charge in [-0.1, -0.05) is 24.3 Å². The van der Waals surface area contributed by atoms with E-state index in [9.17, 15) is 9.59 Å². The zero-order valence-corrected chi connectivity index (χ0v) is 16.0. The lowest BCUT2D eigenvalue weighted by Crippen LogP contribution is -2.59. The number of benzene rings is 1. The van der Waals surface area contributed by atoms with Crippen LogP contribution in [0.4, 0.5) is 0 Å². The van der Waals surface area contributed by atoms with E-state index in [1.165, 1.54) is 17.5 Å². The smallest absolute Gasteiger partial charge is 0.237 e. The minimum Gasteiger partial charge on any atom is -0.353 e. The molecule has 4 rings (SSSR count). The van der Waals surface area contributed by atoms with Crippen LogP contribution < -0.4 is 5.32 Å². The number of hydrogen-bond acceptors (Lipinski definition) is 5. The average molecular weight is 379 g/mol. The number of amides is 2. The molecule has 1 aliphatic heterocycles. The Balaban J connectivity index is 1.43. The summed E-state index contributed by atoms with van der Waals surface area (Å²) in [6.07, 6.45) is 5.19. The van der Waals surface area contributed by atoms with Gasteiger partial charge >= 0.3 is 0 Å². The summed E-state index contributed by atoms with van der Waals surface area (Å²) in [5, 5.41) is 2.93. The van der Waals surface area contributed by atoms with Crippen molar-refractivity contribution >= 4 is 11.8 Å². The van der Waals surface area contributed by atoms with E-state index >= 15 is 0 Å². The first kappa shape index (κ1) is 18.6. The first-order valence-electron chi connectivity index (χ1n) is 9.71. The second kappa shape index (κ2) is 8.06. The molecule has 0 spiro atoms. The highest BCUT2D eigenvalue weighted by molar-refractivity contribution is 5.88. The Morgan fingerprint density at radius 2 is 2.00 bits per heavy atom. The SMILES string of the molecule is CN(Cc1ccncn1)C(=O)C[C@@H]1C(=O)NCCN1C1Cc2ccccc2C1. The van der Waals surface area contributed by atoms with E-state index in [4.69, 9.17) is 0 Å². The Bertz CT molecular complexity index is 832. The molecule has 1 atom stereocenters. The quantitative estimate of drug-likeness (QED) is 0.831. The average Bonchev–Trinajstić information content (AvgIpc) is 3.14. The minimum atomic E-state index is -0.423. The van der Waals surface area contributed by atoms with E-state index in [2.05, 4.69) is 44.5 Å². The Kier molecular flexibility index (Phi) is 5.34. The first-order valence-corrected chi connectivity index (χ1v) is 9.71. The van der Waals surface area contributed by atoms with Crippen LogP contribution in [0, 0.1) is 0 Å². The van der Waals surface area contributed by atoms with Crippen molar-refractivity contribution in [2.75, 3.05) is 20.1 Å². The van der Waals surface area contributed by atoms with Gasteiger partial charge in [0.05, 0.1) is 24.7 Å². The van der Waals surface area contributed by atoms with E-state index in [0.717, 1.165) is 25.1 Å². The molecule has 2 aromatic rings. The molecule has 1 fully saturated rings. The third-order valence-electron chi connectivity index (χ3n) is 5.71. The van der Waals surface area contributed by atoms with Gasteiger partial charge in [-0.25, -0.2) is 9.97 Å². The van der Waals surface area contributed by atoms with E-state index in [-0.39, 0.29) is 24.3 Å². The van der Waals surface area contributed by atoms with E-state index in [1.54, 1.807) is 24.2 Å². The number of aromatic nitrogens is 2. The lowest BCUT2D eigenvalue weighted by atomic mass is 10.0. The van der Waals surface area contributed by atoms with Gasteiger partial charge in [-0.2, -0.15) is 0 Å². The van der Waals surface area contributed by atoms with Crippen molar-refractivity contribution in [3.63, 3.8) is 0 Å². The monoisotopic (exact) mass is 379 g/mol. The molecule has 0 bridgehead atoms. The van der Waals surface area contributed by atoms with Crippen LogP contribution in [0.3, 0.4) is 0 Å². The molecule has 0 saturated carbocycles. The second-order valence-electron chi connectivity index (χ2n) is 7.53. The molecule has 2 amide bonds. The fourth-order valence-corrected chi connectivity index (χ4v) is 4.21. The summed E-state index contributed by atoms with van der Waals surface area (Å²) >= 11 is 0. The largest absolute Gasteiger partial charge is 0.353 e. The molecule has 2 heterocycles. The van der Waals surface area contributed by atoms with Crippen LogP contribution in [0.15, 0.2) is 42.9 Å². The summed E-state index contributed by atoms with van der Waals surface area (Å²) in [6, 6.07) is 10.1. The third kappa shape index (κ3) is 3.89. The number of rotatable bonds is 5. The van der Waals surface area contributed by atoms with Crippen LogP contribution in [-0.4, -0.2) is 63.8 Å². The van der Waals surface area contributed by atoms with Crippen LogP contribution in [0.1, 0.15) is 23.2 Å². The number of fused-ring (bicyclic) bond motifs is 1. The Hall–Kier alpha value is -2.80. The van der Waals surface area contributed by atoms with Gasteiger partial charge in [0.2, 0.25) is 11.8 Å². The van der Waals surface area contributed by atoms with Crippen molar-refractivity contribution in [1.82, 2.24) is 25.1 Å². The summed E-state index contributed by atoms with van der Waals surface area (Å²) in [4.78, 5) is 37.4. The van der Waals surface area contributed by atoms with Gasteiger partial charge in [0.15, 0.2) is 0 Å². The maximum absolute atomic E-state index is 12.8. The van der Waals surface area contributed by atoms with Crippen LogP contribution in [0.25, 0.3) is 0 Å². The topological polar surface area (TPSA) is 78.4 Å². The highest BCUT2D eigenvalue weighted by Gasteiger charge is 2.38. The van der Waals surface area contributed by atoms with E-state index < -0.39 is 6.04 Å². The summed E-state index contributed by atoms with van der Waals surface area (Å²) < 4.78 is 0. The number of hydrogen-bond donors (Lipinski definition) is 1. The second-order valence-corrected chi connectivity index (χ2v) is 7.53. The summed E-state index contributed by atoms with van der Waals surface area (Å²) in [6.45, 7) is 1.82. The lowest BCUT2D eigenvalue weighted by molar-refractivity contribution is -0.139. The molecule has 7 heteroatoms. The van der Waals surface area contributed by atoms with Crippen molar-refractivity contribution in [2.45, 2.75) is 37.9 Å². The molecule has 28 heavy (non-hydrogen) atoms. The van der Waals surface area contributed by atoms with Gasteiger partial charge in [0.25, 0.3) is 0 Å². The minimum absolute atomic E-state index is 0.0500. The Morgan fingerprint density at radius 3 is 2.68 bits per heavy atom. The molecule has 1 N–H and O–H groups in total. The molecule has 0 unspecified atom stereocenters. The fraction of sp³-hybridized carbons (Fsp3) is 0.429. The third-order valence-corrected chi connectivity index (χ3v) is 5.71. The predicted octanol–water partition coefficient (Wildman–Crippen LogP) is 0.793. The van der Waals surface area contributed by atoms with E-state index in [0.29, 0.717) is 13.1 Å². The van der Waals surface area contributed by atoms with Crippen LogP contribution >= 0.6 is 0 Å². The first-order chi connectivity index (χ1) is 13.6. The molecule has 7 nitrogen and oxygen atoms in total.